The van der Waals surface area contributed by atoms with Gasteiger partial charge in [0, 0.05) is 17.5 Å². The molecule has 8 heteroatoms. The van der Waals surface area contributed by atoms with Gasteiger partial charge in [-0.3, -0.25) is 5.10 Å². The Balaban J connectivity index is 1.51. The van der Waals surface area contributed by atoms with Crippen molar-refractivity contribution < 1.29 is 9.15 Å². The van der Waals surface area contributed by atoms with Crippen molar-refractivity contribution in [1.82, 2.24) is 20.4 Å². The Morgan fingerprint density at radius 3 is 3.00 bits per heavy atom. The maximum Gasteiger partial charge on any atom is 0.316 e. The van der Waals surface area contributed by atoms with E-state index in [4.69, 9.17) is 20.8 Å². The lowest BCUT2D eigenvalue weighted by Crippen LogP contribution is -1.99. The largest absolute Gasteiger partial charge is 0.497 e. The SMILES string of the molecule is COc1cccc(CNc2nnc(-c3ccc4n[nH]c(Cl)c4c3)o2)c1. The van der Waals surface area contributed by atoms with E-state index in [0.29, 0.717) is 23.6 Å². The van der Waals surface area contributed by atoms with Crippen molar-refractivity contribution in [1.29, 1.82) is 0 Å². The molecule has 0 radical (unpaired) electrons. The van der Waals surface area contributed by atoms with Crippen LogP contribution in [0.3, 0.4) is 0 Å². The van der Waals surface area contributed by atoms with Crippen LogP contribution in [-0.2, 0) is 6.54 Å². The summed E-state index contributed by atoms with van der Waals surface area (Å²) < 4.78 is 10.9. The fraction of sp³-hybridized carbons (Fsp3) is 0.118. The van der Waals surface area contributed by atoms with Crippen molar-refractivity contribution in [3.63, 3.8) is 0 Å². The summed E-state index contributed by atoms with van der Waals surface area (Å²) in [4.78, 5) is 0. The summed E-state index contributed by atoms with van der Waals surface area (Å²) in [6.07, 6.45) is 0. The normalized spacial score (nSPS) is 11.0. The maximum absolute atomic E-state index is 6.07. The molecule has 0 fully saturated rings. The van der Waals surface area contributed by atoms with E-state index in [9.17, 15) is 0 Å². The molecule has 0 spiro atoms. The first kappa shape index (κ1) is 15.5. The van der Waals surface area contributed by atoms with Gasteiger partial charge < -0.3 is 14.5 Å². The van der Waals surface area contributed by atoms with Crippen LogP contribution in [0.5, 0.6) is 5.75 Å². The van der Waals surface area contributed by atoms with E-state index in [2.05, 4.69) is 25.7 Å². The number of ether oxygens (including phenoxy) is 1. The smallest absolute Gasteiger partial charge is 0.316 e. The molecule has 0 atom stereocenters. The third kappa shape index (κ3) is 3.14. The number of anilines is 1. The van der Waals surface area contributed by atoms with Crippen LogP contribution >= 0.6 is 11.6 Å². The molecule has 2 aromatic heterocycles. The van der Waals surface area contributed by atoms with Crippen molar-refractivity contribution >= 4 is 28.5 Å². The van der Waals surface area contributed by atoms with E-state index >= 15 is 0 Å². The molecule has 0 saturated carbocycles. The lowest BCUT2D eigenvalue weighted by Gasteiger charge is -2.04. The van der Waals surface area contributed by atoms with Gasteiger partial charge in [-0.2, -0.15) is 5.10 Å². The molecule has 0 saturated heterocycles. The number of nitrogens with one attached hydrogen (secondary N) is 2. The van der Waals surface area contributed by atoms with Crippen LogP contribution in [0.2, 0.25) is 5.15 Å². The van der Waals surface area contributed by atoms with E-state index in [1.807, 2.05) is 42.5 Å². The molecule has 0 unspecified atom stereocenters. The fourth-order valence-corrected chi connectivity index (χ4v) is 2.68. The molecule has 4 rings (SSSR count). The van der Waals surface area contributed by atoms with Gasteiger partial charge >= 0.3 is 6.01 Å². The highest BCUT2D eigenvalue weighted by Crippen LogP contribution is 2.27. The highest BCUT2D eigenvalue weighted by molar-refractivity contribution is 6.34. The Kier molecular flexibility index (Phi) is 3.99. The predicted octanol–water partition coefficient (Wildman–Crippen LogP) is 3.89. The highest BCUT2D eigenvalue weighted by Gasteiger charge is 2.11. The third-order valence-electron chi connectivity index (χ3n) is 3.76. The summed E-state index contributed by atoms with van der Waals surface area (Å²) in [7, 11) is 1.64. The van der Waals surface area contributed by atoms with Gasteiger partial charge in [0.2, 0.25) is 5.89 Å². The van der Waals surface area contributed by atoms with Gasteiger partial charge in [0.05, 0.1) is 12.6 Å². The van der Waals surface area contributed by atoms with Gasteiger partial charge in [0.15, 0.2) is 0 Å². The lowest BCUT2D eigenvalue weighted by molar-refractivity contribution is 0.414. The van der Waals surface area contributed by atoms with Crippen molar-refractivity contribution in [3.8, 4) is 17.2 Å². The summed E-state index contributed by atoms with van der Waals surface area (Å²) in [5.74, 6) is 1.21. The number of methoxy groups -OCH3 is 1. The van der Waals surface area contributed by atoms with Crippen molar-refractivity contribution in [3.05, 3.63) is 53.2 Å². The fourth-order valence-electron chi connectivity index (χ4n) is 2.48. The Morgan fingerprint density at radius 2 is 2.12 bits per heavy atom. The second kappa shape index (κ2) is 6.45. The monoisotopic (exact) mass is 355 g/mol. The molecule has 4 aromatic rings. The van der Waals surface area contributed by atoms with Gasteiger partial charge in [-0.05, 0) is 35.9 Å². The second-order valence-electron chi connectivity index (χ2n) is 5.39. The van der Waals surface area contributed by atoms with Crippen LogP contribution in [0.4, 0.5) is 6.01 Å². The second-order valence-corrected chi connectivity index (χ2v) is 5.76. The molecular weight excluding hydrogens is 342 g/mol. The van der Waals surface area contributed by atoms with Crippen LogP contribution < -0.4 is 10.1 Å². The number of fused-ring (bicyclic) bond motifs is 1. The summed E-state index contributed by atoms with van der Waals surface area (Å²) in [5.41, 5.74) is 2.60. The minimum absolute atomic E-state index is 0.344. The molecule has 2 N–H and O–H groups in total. The molecule has 25 heavy (non-hydrogen) atoms. The Morgan fingerprint density at radius 1 is 1.20 bits per heavy atom. The topological polar surface area (TPSA) is 88.9 Å². The first-order valence-corrected chi connectivity index (χ1v) is 7.95. The highest BCUT2D eigenvalue weighted by atomic mass is 35.5. The van der Waals surface area contributed by atoms with E-state index in [-0.39, 0.29) is 0 Å². The number of aromatic amines is 1. The quantitative estimate of drug-likeness (QED) is 0.564. The Hall–Kier alpha value is -3.06. The zero-order valence-electron chi connectivity index (χ0n) is 13.3. The Bertz CT molecular complexity index is 1030. The minimum Gasteiger partial charge on any atom is -0.497 e. The zero-order chi connectivity index (χ0) is 17.2. The summed E-state index contributed by atoms with van der Waals surface area (Å²) in [5, 5.41) is 19.3. The molecule has 0 aliphatic carbocycles. The lowest BCUT2D eigenvalue weighted by atomic mass is 10.1. The van der Waals surface area contributed by atoms with Crippen molar-refractivity contribution in [2.75, 3.05) is 12.4 Å². The average molecular weight is 356 g/mol. The molecule has 7 nitrogen and oxygen atoms in total. The molecule has 0 aliphatic rings. The summed E-state index contributed by atoms with van der Waals surface area (Å²) >= 11 is 6.07. The standard InChI is InChI=1S/C17H14ClN5O2/c1-24-12-4-2-3-10(7-12)9-19-17-23-22-16(25-17)11-5-6-14-13(8-11)15(18)21-20-14/h2-8H,9H2,1H3,(H,19,23)(H,20,21). The minimum atomic E-state index is 0.344. The number of hydrogen-bond donors (Lipinski definition) is 2. The van der Waals surface area contributed by atoms with Gasteiger partial charge in [0.1, 0.15) is 10.9 Å². The number of benzene rings is 2. The van der Waals surface area contributed by atoms with Gasteiger partial charge in [-0.15, -0.1) is 5.10 Å². The number of hydrogen-bond acceptors (Lipinski definition) is 6. The van der Waals surface area contributed by atoms with E-state index in [1.54, 1.807) is 7.11 Å². The van der Waals surface area contributed by atoms with Gasteiger partial charge in [-0.1, -0.05) is 28.8 Å². The molecule has 0 aliphatic heterocycles. The van der Waals surface area contributed by atoms with E-state index in [1.165, 1.54) is 0 Å². The van der Waals surface area contributed by atoms with Crippen LogP contribution in [0.15, 0.2) is 46.9 Å². The predicted molar refractivity (Wildman–Crippen MR) is 94.7 cm³/mol. The molecular formula is C17H14ClN5O2. The molecule has 0 bridgehead atoms. The molecule has 126 valence electrons. The number of halogens is 1. The van der Waals surface area contributed by atoms with Crippen molar-refractivity contribution in [2.45, 2.75) is 6.54 Å². The molecule has 2 aromatic carbocycles. The van der Waals surface area contributed by atoms with Crippen LogP contribution in [0, 0.1) is 0 Å². The number of rotatable bonds is 5. The number of aromatic nitrogens is 4. The third-order valence-corrected chi connectivity index (χ3v) is 4.05. The molecule has 2 heterocycles. The summed E-state index contributed by atoms with van der Waals surface area (Å²) in [6, 6.07) is 13.7. The number of H-pyrrole nitrogens is 1. The van der Waals surface area contributed by atoms with E-state index < -0.39 is 0 Å². The maximum atomic E-state index is 6.07. The average Bonchev–Trinajstić information content (AvgIpc) is 3.27. The zero-order valence-corrected chi connectivity index (χ0v) is 14.0. The van der Waals surface area contributed by atoms with Gasteiger partial charge in [-0.25, -0.2) is 0 Å². The molecule has 0 amide bonds. The van der Waals surface area contributed by atoms with Gasteiger partial charge in [0.25, 0.3) is 0 Å². The van der Waals surface area contributed by atoms with Crippen LogP contribution in [0.1, 0.15) is 5.56 Å². The van der Waals surface area contributed by atoms with Crippen LogP contribution in [0.25, 0.3) is 22.4 Å². The van der Waals surface area contributed by atoms with E-state index in [0.717, 1.165) is 27.8 Å². The van der Waals surface area contributed by atoms with Crippen molar-refractivity contribution in [2.24, 2.45) is 0 Å². The van der Waals surface area contributed by atoms with Crippen LogP contribution in [-0.4, -0.2) is 27.5 Å². The first-order valence-electron chi connectivity index (χ1n) is 7.57. The first-order chi connectivity index (χ1) is 12.2. The number of nitrogens with zero attached hydrogens (tertiary/aromatic N) is 3. The Labute approximate surface area is 148 Å². The summed E-state index contributed by atoms with van der Waals surface area (Å²) in [6.45, 7) is 0.547.